The zero-order valence-electron chi connectivity index (χ0n) is 23.7. The Kier molecular flexibility index (Phi) is 9.53. The largest absolute Gasteiger partial charge is 0.462 e. The van der Waals surface area contributed by atoms with E-state index in [1.54, 1.807) is 0 Å². The van der Waals surface area contributed by atoms with Crippen molar-refractivity contribution in [2.45, 2.75) is 124 Å². The van der Waals surface area contributed by atoms with Crippen LogP contribution < -0.4 is 0 Å². The maximum atomic E-state index is 11.6. The van der Waals surface area contributed by atoms with Crippen molar-refractivity contribution >= 4 is 11.9 Å². The maximum Gasteiger partial charge on any atom is 0.303 e. The standard InChI is InChI=1S/C29H48O8/c1-18(12-16-34-19(2)30)9-10-23-28(6)14-8-13-27(4,5)22(28)11-15-29(23,7)37-26-24(33)25(36-20(3)31)21(32)17-35-26/h12,21-26,32-33H,8-11,13-17H2,1-7H3/b18-12+/t21-,22+,23-,24-,25+,26+,28+,29-/m0/s1. The molecule has 0 aromatic rings. The maximum absolute atomic E-state index is 11.6. The number of aliphatic hydroxyl groups excluding tert-OH is 2. The van der Waals surface area contributed by atoms with Crippen LogP contribution in [0.25, 0.3) is 0 Å². The summed E-state index contributed by atoms with van der Waals surface area (Å²) in [6.07, 6.45) is 4.54. The molecule has 0 radical (unpaired) electrons. The Balaban J connectivity index is 1.85. The first-order valence-corrected chi connectivity index (χ1v) is 13.8. The Hall–Kier alpha value is -1.48. The van der Waals surface area contributed by atoms with Crippen LogP contribution in [0, 0.1) is 22.7 Å². The van der Waals surface area contributed by atoms with Gasteiger partial charge in [0.2, 0.25) is 0 Å². The Morgan fingerprint density at radius 1 is 1.03 bits per heavy atom. The van der Waals surface area contributed by atoms with Crippen LogP contribution in [0.1, 0.15) is 93.4 Å². The van der Waals surface area contributed by atoms with Gasteiger partial charge in [-0.05, 0) is 81.1 Å². The van der Waals surface area contributed by atoms with Gasteiger partial charge in [-0.3, -0.25) is 9.59 Å². The van der Waals surface area contributed by atoms with Gasteiger partial charge in [-0.1, -0.05) is 32.8 Å². The lowest BCUT2D eigenvalue weighted by Gasteiger charge is -2.63. The molecule has 2 N–H and O–H groups in total. The summed E-state index contributed by atoms with van der Waals surface area (Å²) in [5, 5.41) is 21.3. The molecule has 8 nitrogen and oxygen atoms in total. The quantitative estimate of drug-likeness (QED) is 0.275. The molecule has 2 saturated carbocycles. The summed E-state index contributed by atoms with van der Waals surface area (Å²) in [6.45, 7) is 14.2. The van der Waals surface area contributed by atoms with Crippen LogP contribution in [0.4, 0.5) is 0 Å². The van der Waals surface area contributed by atoms with E-state index in [1.165, 1.54) is 20.3 Å². The van der Waals surface area contributed by atoms with Gasteiger partial charge in [-0.2, -0.15) is 0 Å². The van der Waals surface area contributed by atoms with Crippen LogP contribution in [-0.4, -0.2) is 65.6 Å². The fourth-order valence-corrected chi connectivity index (χ4v) is 7.64. The second-order valence-electron chi connectivity index (χ2n) is 12.6. The van der Waals surface area contributed by atoms with Crippen LogP contribution in [0.5, 0.6) is 0 Å². The number of hydrogen-bond donors (Lipinski definition) is 2. The lowest BCUT2D eigenvalue weighted by Crippen LogP contribution is -2.62. The topological polar surface area (TPSA) is 112 Å². The highest BCUT2D eigenvalue weighted by molar-refractivity contribution is 5.66. The molecule has 1 aliphatic heterocycles. The average molecular weight is 525 g/mol. The summed E-state index contributed by atoms with van der Waals surface area (Å²) in [5.41, 5.74) is 0.859. The van der Waals surface area contributed by atoms with Crippen molar-refractivity contribution in [3.63, 3.8) is 0 Å². The van der Waals surface area contributed by atoms with Gasteiger partial charge in [0, 0.05) is 13.8 Å². The predicted octanol–water partition coefficient (Wildman–Crippen LogP) is 4.30. The van der Waals surface area contributed by atoms with Gasteiger partial charge in [0.25, 0.3) is 0 Å². The van der Waals surface area contributed by atoms with E-state index in [4.69, 9.17) is 18.9 Å². The molecular formula is C29H48O8. The SMILES string of the molecule is CC(=O)OC/C=C(\C)CC[C@H]1[C@]2(C)CCCC(C)(C)[C@H]2CC[C@]1(C)O[C@H]1OC[C@H](O)[C@@H](OC(C)=O)[C@@H]1O. The monoisotopic (exact) mass is 524 g/mol. The van der Waals surface area contributed by atoms with E-state index in [0.717, 1.165) is 44.1 Å². The summed E-state index contributed by atoms with van der Waals surface area (Å²) in [6, 6.07) is 0. The molecule has 0 aromatic carbocycles. The van der Waals surface area contributed by atoms with Crippen molar-refractivity contribution in [1.82, 2.24) is 0 Å². The van der Waals surface area contributed by atoms with Crippen molar-refractivity contribution in [1.29, 1.82) is 0 Å². The minimum atomic E-state index is -1.29. The van der Waals surface area contributed by atoms with Gasteiger partial charge in [0.05, 0.1) is 12.2 Å². The molecule has 3 rings (SSSR count). The fraction of sp³-hybridized carbons (Fsp3) is 0.862. The smallest absolute Gasteiger partial charge is 0.303 e. The summed E-state index contributed by atoms with van der Waals surface area (Å²) in [7, 11) is 0. The highest BCUT2D eigenvalue weighted by Crippen LogP contribution is 2.64. The summed E-state index contributed by atoms with van der Waals surface area (Å²) < 4.78 is 22.8. The molecule has 0 unspecified atom stereocenters. The number of carbonyl (C=O) groups is 2. The molecule has 0 amide bonds. The van der Waals surface area contributed by atoms with Gasteiger partial charge < -0.3 is 29.2 Å². The second kappa shape index (κ2) is 11.7. The fourth-order valence-electron chi connectivity index (χ4n) is 7.64. The molecule has 1 saturated heterocycles. The molecule has 8 heteroatoms. The number of hydrogen-bond acceptors (Lipinski definition) is 8. The molecular weight excluding hydrogens is 476 g/mol. The van der Waals surface area contributed by atoms with Crippen LogP contribution >= 0.6 is 0 Å². The molecule has 0 aromatic heterocycles. The van der Waals surface area contributed by atoms with Crippen molar-refractivity contribution < 1.29 is 38.7 Å². The van der Waals surface area contributed by atoms with E-state index < -0.39 is 36.2 Å². The molecule has 0 bridgehead atoms. The highest BCUT2D eigenvalue weighted by atomic mass is 16.7. The van der Waals surface area contributed by atoms with E-state index in [2.05, 4.69) is 34.6 Å². The third-order valence-corrected chi connectivity index (χ3v) is 9.40. The lowest BCUT2D eigenvalue weighted by atomic mass is 9.45. The van der Waals surface area contributed by atoms with Crippen LogP contribution in [0.15, 0.2) is 11.6 Å². The van der Waals surface area contributed by atoms with E-state index in [9.17, 15) is 19.8 Å². The minimum Gasteiger partial charge on any atom is -0.462 e. The Bertz CT molecular complexity index is 853. The van der Waals surface area contributed by atoms with Crippen LogP contribution in [0.2, 0.25) is 0 Å². The molecule has 1 heterocycles. The molecule has 37 heavy (non-hydrogen) atoms. The van der Waals surface area contributed by atoms with E-state index in [1.807, 2.05) is 6.08 Å². The Morgan fingerprint density at radius 3 is 2.38 bits per heavy atom. The second-order valence-corrected chi connectivity index (χ2v) is 12.6. The lowest BCUT2D eigenvalue weighted by molar-refractivity contribution is -0.324. The van der Waals surface area contributed by atoms with E-state index >= 15 is 0 Å². The summed E-state index contributed by atoms with van der Waals surface area (Å²) in [5.74, 6) is -0.125. The molecule has 212 valence electrons. The first kappa shape index (κ1) is 30.1. The number of esters is 2. The normalized spacial score (nSPS) is 40.0. The summed E-state index contributed by atoms with van der Waals surface area (Å²) >= 11 is 0. The van der Waals surface area contributed by atoms with Crippen molar-refractivity contribution in [2.24, 2.45) is 22.7 Å². The van der Waals surface area contributed by atoms with Crippen molar-refractivity contribution in [3.05, 3.63) is 11.6 Å². The third kappa shape index (κ3) is 6.75. The average Bonchev–Trinajstić information content (AvgIpc) is 2.77. The van der Waals surface area contributed by atoms with Gasteiger partial charge in [-0.15, -0.1) is 0 Å². The zero-order chi connectivity index (χ0) is 27.6. The van der Waals surface area contributed by atoms with Crippen molar-refractivity contribution in [3.8, 4) is 0 Å². The molecule has 8 atom stereocenters. The third-order valence-electron chi connectivity index (χ3n) is 9.40. The molecule has 3 fully saturated rings. The number of fused-ring (bicyclic) bond motifs is 1. The highest BCUT2D eigenvalue weighted by Gasteiger charge is 2.59. The van der Waals surface area contributed by atoms with Crippen LogP contribution in [0.3, 0.4) is 0 Å². The molecule has 0 spiro atoms. The Labute approximate surface area is 222 Å². The Morgan fingerprint density at radius 2 is 1.73 bits per heavy atom. The van der Waals surface area contributed by atoms with E-state index in [-0.39, 0.29) is 35.9 Å². The van der Waals surface area contributed by atoms with Gasteiger partial charge in [-0.25, -0.2) is 0 Å². The number of carbonyl (C=O) groups excluding carboxylic acids is 2. The summed E-state index contributed by atoms with van der Waals surface area (Å²) in [4.78, 5) is 22.7. The first-order valence-electron chi connectivity index (χ1n) is 13.8. The molecule has 3 aliphatic rings. The van der Waals surface area contributed by atoms with Crippen molar-refractivity contribution in [2.75, 3.05) is 13.2 Å². The number of ether oxygens (including phenoxy) is 4. The first-order chi connectivity index (χ1) is 17.2. The van der Waals surface area contributed by atoms with E-state index in [0.29, 0.717) is 5.92 Å². The van der Waals surface area contributed by atoms with Gasteiger partial charge in [0.1, 0.15) is 18.8 Å². The number of rotatable bonds is 8. The molecule has 2 aliphatic carbocycles. The van der Waals surface area contributed by atoms with Crippen LogP contribution in [-0.2, 0) is 28.5 Å². The minimum absolute atomic E-state index is 0.0410. The number of allylic oxidation sites excluding steroid dienone is 1. The van der Waals surface area contributed by atoms with Gasteiger partial charge in [0.15, 0.2) is 12.4 Å². The number of aliphatic hydroxyl groups is 2. The van der Waals surface area contributed by atoms with Gasteiger partial charge >= 0.3 is 11.9 Å². The zero-order valence-corrected chi connectivity index (χ0v) is 23.7. The predicted molar refractivity (Wildman–Crippen MR) is 138 cm³/mol.